The molecule has 0 amide bonds. The molecule has 1 fully saturated rings. The van der Waals surface area contributed by atoms with Gasteiger partial charge in [-0.1, -0.05) is 46.8 Å². The van der Waals surface area contributed by atoms with Gasteiger partial charge in [0.15, 0.2) is 0 Å². The zero-order valence-corrected chi connectivity index (χ0v) is 12.3. The fourth-order valence-electron chi connectivity index (χ4n) is 1.56. The van der Waals surface area contributed by atoms with E-state index in [2.05, 4.69) is 31.2 Å². The molecule has 1 saturated carbocycles. The summed E-state index contributed by atoms with van der Waals surface area (Å²) in [6.45, 7) is 10.2. The van der Waals surface area contributed by atoms with Gasteiger partial charge in [-0.25, -0.2) is 0 Å². The summed E-state index contributed by atoms with van der Waals surface area (Å²) in [5.41, 5.74) is 1.42. The van der Waals surface area contributed by atoms with Gasteiger partial charge in [0, 0.05) is 0 Å². The Bertz CT molecular complexity index is 280. The molecule has 2 rings (SSSR count). The number of hydrogen-bond acceptors (Lipinski definition) is 1. The summed E-state index contributed by atoms with van der Waals surface area (Å²) >= 11 is 0. The molecule has 1 heteroatoms. The van der Waals surface area contributed by atoms with Crippen LogP contribution in [0.25, 0.3) is 0 Å². The molecule has 0 heterocycles. The molecule has 0 aromatic heterocycles. The predicted octanol–water partition coefficient (Wildman–Crippen LogP) is 5.11. The van der Waals surface area contributed by atoms with Gasteiger partial charge in [0.05, 0.1) is 7.11 Å². The molecule has 0 aliphatic heterocycles. The zero-order valence-electron chi connectivity index (χ0n) is 12.3. The minimum absolute atomic E-state index is 0.555. The lowest BCUT2D eigenvalue weighted by molar-refractivity contribution is 0.304. The first kappa shape index (κ1) is 16.0. The maximum Gasteiger partial charge on any atom is 0.118 e. The predicted molar refractivity (Wildman–Crippen MR) is 76.9 cm³/mol. The van der Waals surface area contributed by atoms with Crippen molar-refractivity contribution in [3.05, 3.63) is 35.6 Å². The van der Waals surface area contributed by atoms with Crippen LogP contribution in [-0.4, -0.2) is 7.11 Å². The largest absolute Gasteiger partial charge is 0.497 e. The monoisotopic (exact) mass is 236 g/mol. The third-order valence-electron chi connectivity index (χ3n) is 2.67. The van der Waals surface area contributed by atoms with E-state index in [0.29, 0.717) is 5.92 Å². The Morgan fingerprint density at radius 3 is 2.24 bits per heavy atom. The van der Waals surface area contributed by atoms with Crippen LogP contribution < -0.4 is 0 Å². The SMILES string of the molecule is CC.CC.COC1=C/C(=C/C2CC2)C(C)C=C1. The lowest BCUT2D eigenvalue weighted by Gasteiger charge is -2.14. The lowest BCUT2D eigenvalue weighted by Crippen LogP contribution is -2.00. The van der Waals surface area contributed by atoms with E-state index < -0.39 is 0 Å². The van der Waals surface area contributed by atoms with Crippen LogP contribution in [0.1, 0.15) is 47.5 Å². The van der Waals surface area contributed by atoms with Crippen LogP contribution in [0.5, 0.6) is 0 Å². The van der Waals surface area contributed by atoms with E-state index in [9.17, 15) is 0 Å². The van der Waals surface area contributed by atoms with E-state index >= 15 is 0 Å². The average molecular weight is 236 g/mol. The van der Waals surface area contributed by atoms with Gasteiger partial charge in [-0.3, -0.25) is 0 Å². The minimum Gasteiger partial charge on any atom is -0.497 e. The van der Waals surface area contributed by atoms with Gasteiger partial charge in [-0.15, -0.1) is 0 Å². The molecular formula is C16H28O. The summed E-state index contributed by atoms with van der Waals surface area (Å²) in [4.78, 5) is 0. The molecular weight excluding hydrogens is 208 g/mol. The minimum atomic E-state index is 0.555. The highest BCUT2D eigenvalue weighted by Crippen LogP contribution is 2.34. The third kappa shape index (κ3) is 5.76. The van der Waals surface area contributed by atoms with Crippen molar-refractivity contribution in [1.29, 1.82) is 0 Å². The van der Waals surface area contributed by atoms with Gasteiger partial charge < -0.3 is 4.74 Å². The molecule has 1 unspecified atom stereocenters. The number of ether oxygens (including phenoxy) is 1. The topological polar surface area (TPSA) is 9.23 Å². The van der Waals surface area contributed by atoms with Gasteiger partial charge in [0.2, 0.25) is 0 Å². The molecule has 1 nitrogen and oxygen atoms in total. The lowest BCUT2D eigenvalue weighted by atomic mass is 9.94. The maximum atomic E-state index is 5.21. The van der Waals surface area contributed by atoms with Crippen LogP contribution in [0.2, 0.25) is 0 Å². The highest BCUT2D eigenvalue weighted by molar-refractivity contribution is 5.36. The molecule has 1 atom stereocenters. The molecule has 0 bridgehead atoms. The summed E-state index contributed by atoms with van der Waals surface area (Å²) in [6, 6.07) is 0. The second kappa shape index (κ2) is 9.09. The molecule has 98 valence electrons. The molecule has 0 radical (unpaired) electrons. The summed E-state index contributed by atoms with van der Waals surface area (Å²) < 4.78 is 5.21. The van der Waals surface area contributed by atoms with Gasteiger partial charge >= 0.3 is 0 Å². The standard InChI is InChI=1S/C12H16O.2C2H6/c1-9-3-6-12(13-2)8-11(9)7-10-4-5-10;2*1-2/h3,6-10H,4-5H2,1-2H3;2*1-2H3/b11-7-;;. The van der Waals surface area contributed by atoms with Crippen LogP contribution in [0.15, 0.2) is 35.6 Å². The van der Waals surface area contributed by atoms with Crippen LogP contribution in [-0.2, 0) is 4.74 Å². The van der Waals surface area contributed by atoms with Gasteiger partial charge in [-0.2, -0.15) is 0 Å². The van der Waals surface area contributed by atoms with E-state index in [4.69, 9.17) is 4.74 Å². The fourth-order valence-corrected chi connectivity index (χ4v) is 1.56. The van der Waals surface area contributed by atoms with Crippen molar-refractivity contribution in [3.8, 4) is 0 Å². The highest BCUT2D eigenvalue weighted by Gasteiger charge is 2.20. The van der Waals surface area contributed by atoms with Crippen molar-refractivity contribution in [2.24, 2.45) is 11.8 Å². The third-order valence-corrected chi connectivity index (χ3v) is 2.67. The summed E-state index contributed by atoms with van der Waals surface area (Å²) in [5, 5.41) is 0. The van der Waals surface area contributed by atoms with Gasteiger partial charge in [0.1, 0.15) is 5.76 Å². The Balaban J connectivity index is 0.000000581. The Kier molecular flexibility index (Phi) is 8.57. The van der Waals surface area contributed by atoms with Crippen LogP contribution in [0.3, 0.4) is 0 Å². The summed E-state index contributed by atoms with van der Waals surface area (Å²) in [5.74, 6) is 2.38. The highest BCUT2D eigenvalue weighted by atomic mass is 16.5. The van der Waals surface area contributed by atoms with E-state index in [1.165, 1.54) is 18.4 Å². The molecule has 2 aliphatic carbocycles. The molecule has 0 N–H and O–H groups in total. The van der Waals surface area contributed by atoms with E-state index in [1.54, 1.807) is 7.11 Å². The van der Waals surface area contributed by atoms with Crippen molar-refractivity contribution in [3.63, 3.8) is 0 Å². The van der Waals surface area contributed by atoms with Crippen LogP contribution >= 0.6 is 0 Å². The maximum absolute atomic E-state index is 5.21. The normalized spacial score (nSPS) is 24.0. The molecule has 0 saturated heterocycles. The fraction of sp³-hybridized carbons (Fsp3) is 0.625. The van der Waals surface area contributed by atoms with Crippen molar-refractivity contribution < 1.29 is 4.74 Å². The second-order valence-electron chi connectivity index (χ2n) is 3.90. The Labute approximate surface area is 107 Å². The van der Waals surface area contributed by atoms with Crippen molar-refractivity contribution in [2.45, 2.75) is 47.5 Å². The second-order valence-corrected chi connectivity index (χ2v) is 3.90. The zero-order chi connectivity index (χ0) is 13.3. The van der Waals surface area contributed by atoms with Crippen molar-refractivity contribution in [2.75, 3.05) is 7.11 Å². The summed E-state index contributed by atoms with van der Waals surface area (Å²) in [6.07, 6.45) is 11.5. The van der Waals surface area contributed by atoms with Gasteiger partial charge in [-0.05, 0) is 42.4 Å². The quantitative estimate of drug-likeness (QED) is 0.647. The Morgan fingerprint density at radius 1 is 1.18 bits per heavy atom. The molecule has 0 aromatic carbocycles. The smallest absolute Gasteiger partial charge is 0.118 e. The average Bonchev–Trinajstić information content (AvgIpc) is 3.21. The Hall–Kier alpha value is -0.980. The van der Waals surface area contributed by atoms with Crippen molar-refractivity contribution >= 4 is 0 Å². The molecule has 17 heavy (non-hydrogen) atoms. The van der Waals surface area contributed by atoms with Gasteiger partial charge in [0.25, 0.3) is 0 Å². The molecule has 0 aromatic rings. The molecule has 2 aliphatic rings. The van der Waals surface area contributed by atoms with E-state index in [-0.39, 0.29) is 0 Å². The van der Waals surface area contributed by atoms with E-state index in [0.717, 1.165) is 11.7 Å². The first-order chi connectivity index (χ1) is 8.29. The first-order valence-electron chi connectivity index (χ1n) is 6.95. The van der Waals surface area contributed by atoms with Crippen LogP contribution in [0, 0.1) is 11.8 Å². The number of rotatable bonds is 2. The number of methoxy groups -OCH3 is 1. The number of allylic oxidation sites excluding steroid dienone is 5. The summed E-state index contributed by atoms with van der Waals surface area (Å²) in [7, 11) is 1.72. The first-order valence-corrected chi connectivity index (χ1v) is 6.95. The van der Waals surface area contributed by atoms with Crippen molar-refractivity contribution in [1.82, 2.24) is 0 Å². The number of hydrogen-bond donors (Lipinski definition) is 0. The van der Waals surface area contributed by atoms with Crippen LogP contribution in [0.4, 0.5) is 0 Å². The molecule has 0 spiro atoms. The van der Waals surface area contributed by atoms with E-state index in [1.807, 2.05) is 27.7 Å². The Morgan fingerprint density at radius 2 is 1.76 bits per heavy atom.